The zero-order chi connectivity index (χ0) is 13.8. The van der Waals surface area contributed by atoms with Crippen LogP contribution in [-0.2, 0) is 0 Å². The Bertz CT molecular complexity index is 462. The number of carbonyl (C=O) groups excluding carboxylic acids is 1. The van der Waals surface area contributed by atoms with E-state index in [9.17, 15) is 9.18 Å². The molecule has 2 rings (SSSR count). The average Bonchev–Trinajstić information content (AvgIpc) is 2.38. The third-order valence-corrected chi connectivity index (χ3v) is 3.67. The fourth-order valence-electron chi connectivity index (χ4n) is 2.78. The first kappa shape index (κ1) is 13.8. The molecule has 1 saturated heterocycles. The van der Waals surface area contributed by atoms with E-state index in [-0.39, 0.29) is 5.56 Å². The third kappa shape index (κ3) is 3.04. The molecule has 1 amide bonds. The zero-order valence-electron chi connectivity index (χ0n) is 10.9. The van der Waals surface area contributed by atoms with Crippen molar-refractivity contribution in [2.75, 3.05) is 24.5 Å². The maximum atomic E-state index is 13.8. The molecule has 1 unspecified atom stereocenters. The number of nitrogens with zero attached hydrogens (tertiary/aromatic N) is 1. The summed E-state index contributed by atoms with van der Waals surface area (Å²) >= 11 is 0. The molecule has 104 valence electrons. The van der Waals surface area contributed by atoms with E-state index in [1.807, 2.05) is 4.90 Å². The SMILES string of the molecule is NCCC1CCCN(c2cccc(F)c2C(N)=O)C1. The second kappa shape index (κ2) is 6.02. The summed E-state index contributed by atoms with van der Waals surface area (Å²) in [7, 11) is 0. The first-order chi connectivity index (χ1) is 9.13. The first-order valence-electron chi connectivity index (χ1n) is 6.66. The minimum absolute atomic E-state index is 0.00380. The fourth-order valence-corrected chi connectivity index (χ4v) is 2.78. The summed E-state index contributed by atoms with van der Waals surface area (Å²) in [6.07, 6.45) is 3.12. The molecule has 1 aliphatic heterocycles. The van der Waals surface area contributed by atoms with Crippen molar-refractivity contribution in [3.05, 3.63) is 29.6 Å². The van der Waals surface area contributed by atoms with Gasteiger partial charge >= 0.3 is 0 Å². The number of carbonyl (C=O) groups is 1. The number of hydrogen-bond donors (Lipinski definition) is 2. The summed E-state index contributed by atoms with van der Waals surface area (Å²) in [5.41, 5.74) is 11.5. The summed E-state index contributed by atoms with van der Waals surface area (Å²) in [6.45, 7) is 2.29. The lowest BCUT2D eigenvalue weighted by Gasteiger charge is -2.35. The van der Waals surface area contributed by atoms with Crippen LogP contribution in [0.2, 0.25) is 0 Å². The largest absolute Gasteiger partial charge is 0.371 e. The number of hydrogen-bond acceptors (Lipinski definition) is 3. The van der Waals surface area contributed by atoms with Crippen molar-refractivity contribution < 1.29 is 9.18 Å². The molecule has 1 fully saturated rings. The predicted octanol–water partition coefficient (Wildman–Crippen LogP) is 1.49. The molecule has 0 saturated carbocycles. The number of anilines is 1. The summed E-state index contributed by atoms with van der Waals surface area (Å²) in [6, 6.07) is 4.64. The summed E-state index contributed by atoms with van der Waals surface area (Å²) in [5, 5.41) is 0. The smallest absolute Gasteiger partial charge is 0.253 e. The van der Waals surface area contributed by atoms with Crippen LogP contribution in [0.4, 0.5) is 10.1 Å². The lowest BCUT2D eigenvalue weighted by Crippen LogP contribution is -2.37. The maximum Gasteiger partial charge on any atom is 0.253 e. The van der Waals surface area contributed by atoms with E-state index in [0.29, 0.717) is 18.2 Å². The van der Waals surface area contributed by atoms with Crippen LogP contribution in [0.5, 0.6) is 0 Å². The average molecular weight is 265 g/mol. The van der Waals surface area contributed by atoms with E-state index >= 15 is 0 Å². The quantitative estimate of drug-likeness (QED) is 0.866. The highest BCUT2D eigenvalue weighted by molar-refractivity contribution is 5.99. The van der Waals surface area contributed by atoms with Gasteiger partial charge in [0, 0.05) is 13.1 Å². The Morgan fingerprint density at radius 3 is 2.95 bits per heavy atom. The van der Waals surface area contributed by atoms with Gasteiger partial charge in [0.05, 0.1) is 11.3 Å². The number of benzene rings is 1. The Morgan fingerprint density at radius 1 is 1.47 bits per heavy atom. The molecule has 1 heterocycles. The Kier molecular flexibility index (Phi) is 4.37. The van der Waals surface area contributed by atoms with Crippen LogP contribution >= 0.6 is 0 Å². The molecule has 0 radical (unpaired) electrons. The van der Waals surface area contributed by atoms with Crippen LogP contribution < -0.4 is 16.4 Å². The molecule has 1 aromatic carbocycles. The number of piperidine rings is 1. The summed E-state index contributed by atoms with van der Waals surface area (Å²) < 4.78 is 13.8. The highest BCUT2D eigenvalue weighted by Gasteiger charge is 2.24. The van der Waals surface area contributed by atoms with E-state index in [2.05, 4.69) is 0 Å². The minimum atomic E-state index is -0.714. The van der Waals surface area contributed by atoms with Crippen molar-refractivity contribution in [2.45, 2.75) is 19.3 Å². The highest BCUT2D eigenvalue weighted by Crippen LogP contribution is 2.28. The van der Waals surface area contributed by atoms with Gasteiger partial charge < -0.3 is 16.4 Å². The molecule has 19 heavy (non-hydrogen) atoms. The number of halogens is 1. The molecule has 4 nitrogen and oxygen atoms in total. The second-order valence-electron chi connectivity index (χ2n) is 5.03. The van der Waals surface area contributed by atoms with Crippen LogP contribution in [-0.4, -0.2) is 25.5 Å². The molecule has 4 N–H and O–H groups in total. The van der Waals surface area contributed by atoms with Crippen molar-refractivity contribution in [3.8, 4) is 0 Å². The topological polar surface area (TPSA) is 72.3 Å². The molecule has 0 bridgehead atoms. The second-order valence-corrected chi connectivity index (χ2v) is 5.03. The third-order valence-electron chi connectivity index (χ3n) is 3.67. The lowest BCUT2D eigenvalue weighted by molar-refractivity contribution is 0.0997. The van der Waals surface area contributed by atoms with Crippen LogP contribution in [0.15, 0.2) is 18.2 Å². The van der Waals surface area contributed by atoms with Gasteiger partial charge in [-0.15, -0.1) is 0 Å². The summed E-state index contributed by atoms with van der Waals surface area (Å²) in [5.74, 6) is -0.761. The van der Waals surface area contributed by atoms with Gasteiger partial charge in [-0.05, 0) is 43.9 Å². The Morgan fingerprint density at radius 2 is 2.26 bits per heavy atom. The molecule has 1 aliphatic rings. The van der Waals surface area contributed by atoms with Gasteiger partial charge in [0.1, 0.15) is 5.82 Å². The molecular formula is C14H20FN3O. The standard InChI is InChI=1S/C14H20FN3O/c15-11-4-1-5-12(13(11)14(17)19)18-8-2-3-10(9-18)6-7-16/h1,4-5,10H,2-3,6-9,16H2,(H2,17,19). The molecule has 1 aromatic rings. The van der Waals surface area contributed by atoms with Crippen LogP contribution in [0.3, 0.4) is 0 Å². The molecule has 0 aliphatic carbocycles. The number of amides is 1. The van der Waals surface area contributed by atoms with Crippen molar-refractivity contribution in [3.63, 3.8) is 0 Å². The first-order valence-corrected chi connectivity index (χ1v) is 6.66. The van der Waals surface area contributed by atoms with Crippen LogP contribution in [0, 0.1) is 11.7 Å². The van der Waals surface area contributed by atoms with Crippen LogP contribution in [0.1, 0.15) is 29.6 Å². The Labute approximate surface area is 112 Å². The Hall–Kier alpha value is -1.62. The molecular weight excluding hydrogens is 245 g/mol. The van der Waals surface area contributed by atoms with Crippen molar-refractivity contribution >= 4 is 11.6 Å². The number of primary amides is 1. The van der Waals surface area contributed by atoms with Gasteiger partial charge in [0.15, 0.2) is 0 Å². The van der Waals surface area contributed by atoms with E-state index in [1.165, 1.54) is 6.07 Å². The normalized spacial score (nSPS) is 19.5. The maximum absolute atomic E-state index is 13.8. The van der Waals surface area contributed by atoms with E-state index < -0.39 is 11.7 Å². The van der Waals surface area contributed by atoms with Crippen LogP contribution in [0.25, 0.3) is 0 Å². The van der Waals surface area contributed by atoms with Gasteiger partial charge in [0.2, 0.25) is 0 Å². The van der Waals surface area contributed by atoms with Gasteiger partial charge in [0.25, 0.3) is 5.91 Å². The molecule has 0 aromatic heterocycles. The van der Waals surface area contributed by atoms with Gasteiger partial charge in [-0.2, -0.15) is 0 Å². The molecule has 1 atom stereocenters. The fraction of sp³-hybridized carbons (Fsp3) is 0.500. The van der Waals surface area contributed by atoms with E-state index in [0.717, 1.165) is 32.4 Å². The van der Waals surface area contributed by atoms with Gasteiger partial charge in [-0.1, -0.05) is 6.07 Å². The van der Waals surface area contributed by atoms with Crippen molar-refractivity contribution in [1.29, 1.82) is 0 Å². The predicted molar refractivity (Wildman–Crippen MR) is 73.5 cm³/mol. The lowest BCUT2D eigenvalue weighted by atomic mass is 9.94. The highest BCUT2D eigenvalue weighted by atomic mass is 19.1. The molecule has 5 heteroatoms. The van der Waals surface area contributed by atoms with E-state index in [1.54, 1.807) is 12.1 Å². The molecule has 0 spiro atoms. The Balaban J connectivity index is 2.26. The minimum Gasteiger partial charge on any atom is -0.371 e. The van der Waals surface area contributed by atoms with Crippen molar-refractivity contribution in [1.82, 2.24) is 0 Å². The van der Waals surface area contributed by atoms with Crippen molar-refractivity contribution in [2.24, 2.45) is 17.4 Å². The summed E-state index contributed by atoms with van der Waals surface area (Å²) in [4.78, 5) is 13.5. The van der Waals surface area contributed by atoms with Gasteiger partial charge in [-0.25, -0.2) is 4.39 Å². The number of nitrogens with two attached hydrogens (primary N) is 2. The monoisotopic (exact) mass is 265 g/mol. The van der Waals surface area contributed by atoms with E-state index in [4.69, 9.17) is 11.5 Å². The van der Waals surface area contributed by atoms with Gasteiger partial charge in [-0.3, -0.25) is 4.79 Å². The number of rotatable bonds is 4. The zero-order valence-corrected chi connectivity index (χ0v) is 10.9.